The van der Waals surface area contributed by atoms with Crippen molar-refractivity contribution in [1.29, 1.82) is 0 Å². The first kappa shape index (κ1) is 22.5. The molecule has 3 amide bonds. The van der Waals surface area contributed by atoms with Crippen molar-refractivity contribution in [2.24, 2.45) is 0 Å². The molecular formula is C25H31N3O3. The summed E-state index contributed by atoms with van der Waals surface area (Å²) in [5, 5.41) is 5.65. The lowest BCUT2D eigenvalue weighted by Gasteiger charge is -2.45. The van der Waals surface area contributed by atoms with Gasteiger partial charge in [-0.1, -0.05) is 67.3 Å². The fourth-order valence-electron chi connectivity index (χ4n) is 4.18. The number of amides is 3. The molecule has 31 heavy (non-hydrogen) atoms. The molecule has 0 spiro atoms. The number of nitrogens with zero attached hydrogens (tertiary/aromatic N) is 1. The number of hydrogen-bond donors (Lipinski definition) is 2. The summed E-state index contributed by atoms with van der Waals surface area (Å²) in [6, 6.07) is 17.3. The van der Waals surface area contributed by atoms with Crippen LogP contribution in [0.1, 0.15) is 50.2 Å². The molecule has 0 saturated heterocycles. The molecule has 1 fully saturated rings. The van der Waals surface area contributed by atoms with Gasteiger partial charge in [0.15, 0.2) is 0 Å². The molecule has 0 radical (unpaired) electrons. The summed E-state index contributed by atoms with van der Waals surface area (Å²) in [7, 11) is 0. The molecule has 1 aliphatic carbocycles. The van der Waals surface area contributed by atoms with Crippen LogP contribution in [0.3, 0.4) is 0 Å². The standard InChI is InChI=1S/C25H31N3O3/c1-19-11-13-22(14-12-19)27-24(31)25(15-7-4-8-16-25)28(23(30)17-26-20(2)29)18-21-9-5-3-6-10-21/h3,5-6,9-14H,4,7-8,15-18H2,1-2H3,(H,26,29)(H,27,31). The maximum absolute atomic E-state index is 13.7. The van der Waals surface area contributed by atoms with E-state index in [4.69, 9.17) is 0 Å². The second kappa shape index (κ2) is 10.2. The molecule has 0 aliphatic heterocycles. The van der Waals surface area contributed by atoms with Crippen LogP contribution in [-0.4, -0.2) is 34.7 Å². The van der Waals surface area contributed by atoms with E-state index in [-0.39, 0.29) is 24.3 Å². The van der Waals surface area contributed by atoms with Crippen LogP contribution in [0, 0.1) is 6.92 Å². The molecule has 2 aromatic rings. The Bertz CT molecular complexity index is 903. The predicted octanol–water partition coefficient (Wildman–Crippen LogP) is 3.80. The molecule has 0 bridgehead atoms. The highest BCUT2D eigenvalue weighted by Gasteiger charge is 2.46. The van der Waals surface area contributed by atoms with Crippen molar-refractivity contribution >= 4 is 23.4 Å². The van der Waals surface area contributed by atoms with Gasteiger partial charge in [-0.3, -0.25) is 14.4 Å². The Morgan fingerprint density at radius 3 is 2.19 bits per heavy atom. The van der Waals surface area contributed by atoms with Crippen LogP contribution in [0.15, 0.2) is 54.6 Å². The Hall–Kier alpha value is -3.15. The minimum absolute atomic E-state index is 0.123. The monoisotopic (exact) mass is 421 g/mol. The van der Waals surface area contributed by atoms with Crippen molar-refractivity contribution in [2.75, 3.05) is 11.9 Å². The van der Waals surface area contributed by atoms with Gasteiger partial charge in [-0.15, -0.1) is 0 Å². The lowest BCUT2D eigenvalue weighted by atomic mass is 9.78. The minimum atomic E-state index is -0.950. The van der Waals surface area contributed by atoms with Gasteiger partial charge in [0.25, 0.3) is 0 Å². The molecule has 1 saturated carbocycles. The molecule has 0 aromatic heterocycles. The van der Waals surface area contributed by atoms with Crippen LogP contribution in [0.5, 0.6) is 0 Å². The van der Waals surface area contributed by atoms with Crippen LogP contribution in [0.2, 0.25) is 0 Å². The smallest absolute Gasteiger partial charge is 0.250 e. The third kappa shape index (κ3) is 5.72. The van der Waals surface area contributed by atoms with Crippen molar-refractivity contribution in [3.8, 4) is 0 Å². The third-order valence-corrected chi connectivity index (χ3v) is 5.90. The molecular weight excluding hydrogens is 390 g/mol. The molecule has 6 nitrogen and oxygen atoms in total. The second-order valence-corrected chi connectivity index (χ2v) is 8.29. The van der Waals surface area contributed by atoms with Crippen LogP contribution < -0.4 is 10.6 Å². The number of nitrogens with one attached hydrogen (secondary N) is 2. The van der Waals surface area contributed by atoms with Crippen molar-refractivity contribution < 1.29 is 14.4 Å². The Balaban J connectivity index is 1.93. The molecule has 1 aliphatic rings. The highest BCUT2D eigenvalue weighted by atomic mass is 16.2. The van der Waals surface area contributed by atoms with Crippen LogP contribution in [-0.2, 0) is 20.9 Å². The van der Waals surface area contributed by atoms with Gasteiger partial charge >= 0.3 is 0 Å². The summed E-state index contributed by atoms with van der Waals surface area (Å²) in [4.78, 5) is 40.1. The molecule has 2 N–H and O–H groups in total. The number of benzene rings is 2. The highest BCUT2D eigenvalue weighted by molar-refractivity contribution is 6.01. The zero-order valence-electron chi connectivity index (χ0n) is 18.3. The molecule has 2 aromatic carbocycles. The average molecular weight is 422 g/mol. The fraction of sp³-hybridized carbons (Fsp3) is 0.400. The van der Waals surface area contributed by atoms with E-state index < -0.39 is 5.54 Å². The molecule has 3 rings (SSSR count). The summed E-state index contributed by atoms with van der Waals surface area (Å²) < 4.78 is 0. The number of carbonyl (C=O) groups excluding carboxylic acids is 3. The van der Waals surface area contributed by atoms with Gasteiger partial charge in [0, 0.05) is 19.2 Å². The van der Waals surface area contributed by atoms with Crippen molar-refractivity contribution in [3.05, 3.63) is 65.7 Å². The fourth-order valence-corrected chi connectivity index (χ4v) is 4.18. The van der Waals surface area contributed by atoms with E-state index in [0.29, 0.717) is 19.4 Å². The Morgan fingerprint density at radius 1 is 0.935 bits per heavy atom. The summed E-state index contributed by atoms with van der Waals surface area (Å²) in [5.74, 6) is -0.682. The van der Waals surface area contributed by atoms with E-state index in [0.717, 1.165) is 36.1 Å². The zero-order valence-corrected chi connectivity index (χ0v) is 18.3. The van der Waals surface area contributed by atoms with E-state index in [1.807, 2.05) is 61.5 Å². The number of aryl methyl sites for hydroxylation is 1. The quantitative estimate of drug-likeness (QED) is 0.714. The zero-order chi connectivity index (χ0) is 22.3. The molecule has 0 atom stereocenters. The van der Waals surface area contributed by atoms with Crippen LogP contribution in [0.25, 0.3) is 0 Å². The normalized spacial score (nSPS) is 15.0. The van der Waals surface area contributed by atoms with Crippen LogP contribution >= 0.6 is 0 Å². The van der Waals surface area contributed by atoms with Gasteiger partial charge < -0.3 is 15.5 Å². The molecule has 164 valence electrons. The van der Waals surface area contributed by atoms with Crippen LogP contribution in [0.4, 0.5) is 5.69 Å². The van der Waals surface area contributed by atoms with E-state index in [2.05, 4.69) is 10.6 Å². The summed E-state index contributed by atoms with van der Waals surface area (Å²) >= 11 is 0. The third-order valence-electron chi connectivity index (χ3n) is 5.90. The van der Waals surface area contributed by atoms with E-state index in [1.54, 1.807) is 4.90 Å². The van der Waals surface area contributed by atoms with Gasteiger partial charge in [-0.05, 0) is 37.5 Å². The second-order valence-electron chi connectivity index (χ2n) is 8.29. The maximum Gasteiger partial charge on any atom is 0.250 e. The number of rotatable bonds is 7. The number of carbonyl (C=O) groups is 3. The Labute approximate surface area is 184 Å². The first-order chi connectivity index (χ1) is 14.9. The summed E-state index contributed by atoms with van der Waals surface area (Å²) in [6.07, 6.45) is 3.99. The maximum atomic E-state index is 13.7. The van der Waals surface area contributed by atoms with Crippen molar-refractivity contribution in [2.45, 2.75) is 58.0 Å². The lowest BCUT2D eigenvalue weighted by molar-refractivity contribution is -0.148. The van der Waals surface area contributed by atoms with E-state index in [1.165, 1.54) is 6.92 Å². The van der Waals surface area contributed by atoms with E-state index in [9.17, 15) is 14.4 Å². The van der Waals surface area contributed by atoms with E-state index >= 15 is 0 Å². The first-order valence-electron chi connectivity index (χ1n) is 10.9. The largest absolute Gasteiger partial charge is 0.347 e. The van der Waals surface area contributed by atoms with Gasteiger partial charge in [0.1, 0.15) is 5.54 Å². The number of hydrogen-bond acceptors (Lipinski definition) is 3. The highest BCUT2D eigenvalue weighted by Crippen LogP contribution is 2.36. The topological polar surface area (TPSA) is 78.5 Å². The molecule has 0 heterocycles. The predicted molar refractivity (Wildman–Crippen MR) is 121 cm³/mol. The van der Waals surface area contributed by atoms with Crippen molar-refractivity contribution in [3.63, 3.8) is 0 Å². The Morgan fingerprint density at radius 2 is 1.58 bits per heavy atom. The SMILES string of the molecule is CC(=O)NCC(=O)N(Cc1ccccc1)C1(C(=O)Nc2ccc(C)cc2)CCCCC1. The molecule has 6 heteroatoms. The molecule has 0 unspecified atom stereocenters. The summed E-state index contributed by atoms with van der Waals surface area (Å²) in [5.41, 5.74) is 1.83. The van der Waals surface area contributed by atoms with Gasteiger partial charge in [0.05, 0.1) is 6.54 Å². The first-order valence-corrected chi connectivity index (χ1v) is 10.9. The van der Waals surface area contributed by atoms with Gasteiger partial charge in [0.2, 0.25) is 17.7 Å². The number of anilines is 1. The average Bonchev–Trinajstić information content (AvgIpc) is 2.78. The minimum Gasteiger partial charge on any atom is -0.347 e. The van der Waals surface area contributed by atoms with Gasteiger partial charge in [-0.25, -0.2) is 0 Å². The van der Waals surface area contributed by atoms with Crippen molar-refractivity contribution in [1.82, 2.24) is 10.2 Å². The van der Waals surface area contributed by atoms with Gasteiger partial charge in [-0.2, -0.15) is 0 Å². The summed E-state index contributed by atoms with van der Waals surface area (Å²) in [6.45, 7) is 3.58. The lowest BCUT2D eigenvalue weighted by Crippen LogP contribution is -2.61. The Kier molecular flexibility index (Phi) is 7.45.